The maximum atomic E-state index is 5.77. The summed E-state index contributed by atoms with van der Waals surface area (Å²) in [6, 6.07) is 12.5. The third-order valence-corrected chi connectivity index (χ3v) is 3.68. The molecule has 3 heteroatoms. The lowest BCUT2D eigenvalue weighted by atomic mass is 9.99. The number of piperidine rings is 1. The first-order valence-corrected chi connectivity index (χ1v) is 7.25. The van der Waals surface area contributed by atoms with Crippen molar-refractivity contribution in [1.82, 2.24) is 10.3 Å². The molecular formula is C17H20N2O. The maximum Gasteiger partial charge on any atom is 0.219 e. The Balaban J connectivity index is 1.69. The van der Waals surface area contributed by atoms with Gasteiger partial charge < -0.3 is 10.1 Å². The molecule has 1 aromatic heterocycles. The van der Waals surface area contributed by atoms with Gasteiger partial charge in [0.25, 0.3) is 0 Å². The summed E-state index contributed by atoms with van der Waals surface area (Å²) in [6.45, 7) is 3.16. The molecule has 1 atom stereocenters. The molecule has 1 aliphatic heterocycles. The van der Waals surface area contributed by atoms with Gasteiger partial charge in [0.15, 0.2) is 0 Å². The van der Waals surface area contributed by atoms with Crippen LogP contribution in [-0.4, -0.2) is 11.5 Å². The topological polar surface area (TPSA) is 34.1 Å². The molecular weight excluding hydrogens is 248 g/mol. The van der Waals surface area contributed by atoms with Crippen molar-refractivity contribution in [3.8, 4) is 11.6 Å². The molecule has 0 bridgehead atoms. The molecule has 1 fully saturated rings. The van der Waals surface area contributed by atoms with Gasteiger partial charge in [0, 0.05) is 18.3 Å². The van der Waals surface area contributed by atoms with Crippen LogP contribution in [0.2, 0.25) is 0 Å². The molecule has 0 saturated carbocycles. The zero-order valence-corrected chi connectivity index (χ0v) is 11.8. The molecule has 0 radical (unpaired) electrons. The Kier molecular flexibility index (Phi) is 3.97. The van der Waals surface area contributed by atoms with Crippen molar-refractivity contribution in [2.45, 2.75) is 32.2 Å². The molecule has 0 spiro atoms. The molecule has 1 saturated heterocycles. The largest absolute Gasteiger partial charge is 0.439 e. The summed E-state index contributed by atoms with van der Waals surface area (Å²) < 4.78 is 5.77. The normalized spacial score (nSPS) is 18.8. The van der Waals surface area contributed by atoms with E-state index in [2.05, 4.69) is 29.4 Å². The zero-order valence-electron chi connectivity index (χ0n) is 11.8. The van der Waals surface area contributed by atoms with Crippen molar-refractivity contribution in [2.24, 2.45) is 0 Å². The Labute approximate surface area is 120 Å². The molecule has 104 valence electrons. The average Bonchev–Trinajstić information content (AvgIpc) is 2.49. The van der Waals surface area contributed by atoms with E-state index < -0.39 is 0 Å². The molecule has 1 N–H and O–H groups in total. The average molecular weight is 268 g/mol. The van der Waals surface area contributed by atoms with Gasteiger partial charge in [0.1, 0.15) is 5.75 Å². The van der Waals surface area contributed by atoms with Gasteiger partial charge in [-0.05, 0) is 49.6 Å². The molecule has 2 heterocycles. The van der Waals surface area contributed by atoms with E-state index in [4.69, 9.17) is 4.74 Å². The van der Waals surface area contributed by atoms with Crippen LogP contribution in [0.5, 0.6) is 11.6 Å². The number of nitrogens with zero attached hydrogens (tertiary/aromatic N) is 1. The van der Waals surface area contributed by atoms with Crippen molar-refractivity contribution in [2.75, 3.05) is 6.54 Å². The fraction of sp³-hybridized carbons (Fsp3) is 0.353. The summed E-state index contributed by atoms with van der Waals surface area (Å²) in [5, 5.41) is 3.53. The van der Waals surface area contributed by atoms with Crippen molar-refractivity contribution >= 4 is 0 Å². The van der Waals surface area contributed by atoms with E-state index in [1.165, 1.54) is 30.4 Å². The minimum Gasteiger partial charge on any atom is -0.439 e. The lowest BCUT2D eigenvalue weighted by Gasteiger charge is -2.23. The van der Waals surface area contributed by atoms with Crippen molar-refractivity contribution in [3.63, 3.8) is 0 Å². The quantitative estimate of drug-likeness (QED) is 0.913. The van der Waals surface area contributed by atoms with Gasteiger partial charge in [-0.2, -0.15) is 0 Å². The summed E-state index contributed by atoms with van der Waals surface area (Å²) in [5.74, 6) is 1.48. The Morgan fingerprint density at radius 3 is 2.85 bits per heavy atom. The number of aromatic nitrogens is 1. The summed E-state index contributed by atoms with van der Waals surface area (Å²) >= 11 is 0. The van der Waals surface area contributed by atoms with E-state index in [0.717, 1.165) is 12.3 Å². The molecule has 0 unspecified atom stereocenters. The number of ether oxygens (including phenoxy) is 1. The Bertz CT molecular complexity index is 559. The predicted octanol–water partition coefficient (Wildman–Crippen LogP) is 4.00. The smallest absolute Gasteiger partial charge is 0.219 e. The Morgan fingerprint density at radius 2 is 2.15 bits per heavy atom. The molecule has 1 aliphatic rings. The van der Waals surface area contributed by atoms with E-state index in [1.54, 1.807) is 0 Å². The van der Waals surface area contributed by atoms with E-state index in [9.17, 15) is 0 Å². The summed E-state index contributed by atoms with van der Waals surface area (Å²) in [7, 11) is 0. The minimum absolute atomic E-state index is 0.448. The lowest BCUT2D eigenvalue weighted by molar-refractivity contribution is 0.409. The SMILES string of the molecule is Cc1cccc(Oc2ccc([C@@H]3CCCCN3)cn2)c1. The number of nitrogens with one attached hydrogen (secondary N) is 1. The van der Waals surface area contributed by atoms with Crippen LogP contribution in [0.25, 0.3) is 0 Å². The van der Waals surface area contributed by atoms with Crippen LogP contribution in [0.15, 0.2) is 42.6 Å². The van der Waals surface area contributed by atoms with Crippen LogP contribution in [0.4, 0.5) is 0 Å². The van der Waals surface area contributed by atoms with Crippen LogP contribution >= 0.6 is 0 Å². The van der Waals surface area contributed by atoms with Gasteiger partial charge in [-0.1, -0.05) is 24.6 Å². The number of rotatable bonds is 3. The highest BCUT2D eigenvalue weighted by Crippen LogP contribution is 2.25. The predicted molar refractivity (Wildman–Crippen MR) is 80.1 cm³/mol. The van der Waals surface area contributed by atoms with Gasteiger partial charge in [-0.3, -0.25) is 0 Å². The standard InChI is InChI=1S/C17H20N2O/c1-13-5-4-6-15(11-13)20-17-9-8-14(12-19-17)16-7-2-3-10-18-16/h4-6,8-9,11-12,16,18H,2-3,7,10H2,1H3/t16-/m0/s1. The molecule has 1 aromatic carbocycles. The first kappa shape index (κ1) is 13.1. The van der Waals surface area contributed by atoms with Crippen molar-refractivity contribution in [1.29, 1.82) is 0 Å². The zero-order chi connectivity index (χ0) is 13.8. The van der Waals surface area contributed by atoms with E-state index >= 15 is 0 Å². The fourth-order valence-corrected chi connectivity index (χ4v) is 2.59. The highest BCUT2D eigenvalue weighted by Gasteiger charge is 2.14. The highest BCUT2D eigenvalue weighted by atomic mass is 16.5. The number of hydrogen-bond acceptors (Lipinski definition) is 3. The lowest BCUT2D eigenvalue weighted by Crippen LogP contribution is -2.26. The second kappa shape index (κ2) is 6.06. The van der Waals surface area contributed by atoms with Gasteiger partial charge in [0.2, 0.25) is 5.88 Å². The first-order chi connectivity index (χ1) is 9.81. The third kappa shape index (κ3) is 3.17. The van der Waals surface area contributed by atoms with Crippen LogP contribution in [0, 0.1) is 6.92 Å². The highest BCUT2D eigenvalue weighted by molar-refractivity contribution is 5.31. The molecule has 0 aliphatic carbocycles. The van der Waals surface area contributed by atoms with Crippen molar-refractivity contribution < 1.29 is 4.74 Å². The number of hydrogen-bond donors (Lipinski definition) is 1. The molecule has 20 heavy (non-hydrogen) atoms. The van der Waals surface area contributed by atoms with Crippen LogP contribution in [-0.2, 0) is 0 Å². The Morgan fingerprint density at radius 1 is 1.20 bits per heavy atom. The van der Waals surface area contributed by atoms with E-state index in [0.29, 0.717) is 11.9 Å². The maximum absolute atomic E-state index is 5.77. The molecule has 2 aromatic rings. The molecule has 0 amide bonds. The first-order valence-electron chi connectivity index (χ1n) is 7.25. The number of pyridine rings is 1. The van der Waals surface area contributed by atoms with E-state index in [-0.39, 0.29) is 0 Å². The van der Waals surface area contributed by atoms with Crippen molar-refractivity contribution in [3.05, 3.63) is 53.7 Å². The Hall–Kier alpha value is -1.87. The summed E-state index contributed by atoms with van der Waals surface area (Å²) in [5.41, 5.74) is 2.44. The van der Waals surface area contributed by atoms with Crippen LogP contribution < -0.4 is 10.1 Å². The summed E-state index contributed by atoms with van der Waals surface area (Å²) in [4.78, 5) is 4.42. The second-order valence-corrected chi connectivity index (χ2v) is 5.35. The number of benzene rings is 1. The van der Waals surface area contributed by atoms with E-state index in [1.807, 2.05) is 30.5 Å². The fourth-order valence-electron chi connectivity index (χ4n) is 2.59. The summed E-state index contributed by atoms with van der Waals surface area (Å²) in [6.07, 6.45) is 5.69. The van der Waals surface area contributed by atoms with Gasteiger partial charge in [-0.15, -0.1) is 0 Å². The van der Waals surface area contributed by atoms with Crippen LogP contribution in [0.1, 0.15) is 36.4 Å². The number of aryl methyl sites for hydroxylation is 1. The van der Waals surface area contributed by atoms with Gasteiger partial charge >= 0.3 is 0 Å². The molecule has 3 nitrogen and oxygen atoms in total. The third-order valence-electron chi connectivity index (χ3n) is 3.68. The second-order valence-electron chi connectivity index (χ2n) is 5.35. The molecule has 3 rings (SSSR count). The monoisotopic (exact) mass is 268 g/mol. The minimum atomic E-state index is 0.448. The van der Waals surface area contributed by atoms with Gasteiger partial charge in [-0.25, -0.2) is 4.98 Å². The van der Waals surface area contributed by atoms with Crippen LogP contribution in [0.3, 0.4) is 0 Å². The van der Waals surface area contributed by atoms with Gasteiger partial charge in [0.05, 0.1) is 0 Å².